The van der Waals surface area contributed by atoms with Gasteiger partial charge in [0.2, 0.25) is 0 Å². The third-order valence-corrected chi connectivity index (χ3v) is 3.66. The molecule has 1 radical (unpaired) electrons. The van der Waals surface area contributed by atoms with Gasteiger partial charge in [-0.15, -0.1) is 35.9 Å². The molecule has 0 saturated carbocycles. The van der Waals surface area contributed by atoms with Crippen molar-refractivity contribution in [2.24, 2.45) is 9.98 Å². The van der Waals surface area contributed by atoms with Crippen LogP contribution in [0.3, 0.4) is 0 Å². The Bertz CT molecular complexity index is 883. The van der Waals surface area contributed by atoms with Crippen molar-refractivity contribution in [3.05, 3.63) is 90.0 Å². The maximum Gasteiger partial charge on any atom is 0.0755 e. The molecule has 113 valence electrons. The van der Waals surface area contributed by atoms with E-state index in [1.807, 2.05) is 60.8 Å². The molecule has 0 bridgehead atoms. The van der Waals surface area contributed by atoms with Crippen LogP contribution < -0.4 is 0 Å². The van der Waals surface area contributed by atoms with Crippen LogP contribution in [0.15, 0.2) is 82.8 Å². The molecule has 23 heavy (non-hydrogen) atoms. The summed E-state index contributed by atoms with van der Waals surface area (Å²) in [5.74, 6) is 0.683. The van der Waals surface area contributed by atoms with Crippen LogP contribution in [-0.2, 0) is 20.1 Å². The predicted molar refractivity (Wildman–Crippen MR) is 90.9 cm³/mol. The van der Waals surface area contributed by atoms with E-state index in [1.165, 1.54) is 0 Å². The number of benzene rings is 3. The van der Waals surface area contributed by atoms with Gasteiger partial charge in [-0.3, -0.25) is 9.98 Å². The standard InChI is InChI=1S/C20H13N2.Ir/c1-2-8-15(9-3-1)20-21-14-16-10-4-5-11-17(16)18-12-6-7-13-19(18)22-20;/h1-8,10-14H;/q-1;. The van der Waals surface area contributed by atoms with E-state index >= 15 is 0 Å². The summed E-state index contributed by atoms with van der Waals surface area (Å²) in [5, 5.41) is 0. The SMILES string of the molecule is [Ir].[c-]1ccccc1C1=Nc2ccccc2-c2ccccc2C=N1. The largest absolute Gasteiger partial charge is 0.285 e. The van der Waals surface area contributed by atoms with E-state index in [2.05, 4.69) is 29.3 Å². The topological polar surface area (TPSA) is 24.7 Å². The number of nitrogens with zero attached hydrogens (tertiary/aromatic N) is 2. The van der Waals surface area contributed by atoms with E-state index in [9.17, 15) is 0 Å². The zero-order valence-corrected chi connectivity index (χ0v) is 14.6. The van der Waals surface area contributed by atoms with Crippen LogP contribution in [0.2, 0.25) is 0 Å². The van der Waals surface area contributed by atoms with Crippen molar-refractivity contribution in [3.8, 4) is 11.1 Å². The van der Waals surface area contributed by atoms with Crippen molar-refractivity contribution >= 4 is 17.7 Å². The average Bonchev–Trinajstić information content (AvgIpc) is 2.58. The summed E-state index contributed by atoms with van der Waals surface area (Å²) in [6.45, 7) is 0. The van der Waals surface area contributed by atoms with Crippen LogP contribution in [0.4, 0.5) is 5.69 Å². The summed E-state index contributed by atoms with van der Waals surface area (Å²) >= 11 is 0. The summed E-state index contributed by atoms with van der Waals surface area (Å²) in [4.78, 5) is 9.34. The van der Waals surface area contributed by atoms with Crippen molar-refractivity contribution in [3.63, 3.8) is 0 Å². The van der Waals surface area contributed by atoms with Crippen LogP contribution in [0.5, 0.6) is 0 Å². The zero-order valence-electron chi connectivity index (χ0n) is 12.2. The summed E-state index contributed by atoms with van der Waals surface area (Å²) in [6.07, 6.45) is 1.88. The smallest absolute Gasteiger partial charge is 0.0755 e. The molecule has 0 fully saturated rings. The van der Waals surface area contributed by atoms with Gasteiger partial charge < -0.3 is 0 Å². The van der Waals surface area contributed by atoms with E-state index in [0.29, 0.717) is 5.84 Å². The van der Waals surface area contributed by atoms with Gasteiger partial charge in [-0.2, -0.15) is 0 Å². The minimum absolute atomic E-state index is 0. The van der Waals surface area contributed by atoms with Crippen molar-refractivity contribution in [2.45, 2.75) is 0 Å². The van der Waals surface area contributed by atoms with E-state index < -0.39 is 0 Å². The normalized spacial score (nSPS) is 12.1. The van der Waals surface area contributed by atoms with Gasteiger partial charge in [0, 0.05) is 31.9 Å². The number of para-hydroxylation sites is 1. The first-order chi connectivity index (χ1) is 10.9. The average molecular weight is 474 g/mol. The molecule has 3 heteroatoms. The molecule has 0 N–H and O–H groups in total. The minimum Gasteiger partial charge on any atom is -0.285 e. The molecule has 0 unspecified atom stereocenters. The second kappa shape index (κ2) is 6.82. The molecule has 0 amide bonds. The molecule has 3 aromatic rings. The van der Waals surface area contributed by atoms with E-state index in [-0.39, 0.29) is 20.1 Å². The molecule has 0 atom stereocenters. The summed E-state index contributed by atoms with van der Waals surface area (Å²) < 4.78 is 0. The molecule has 0 aliphatic carbocycles. The van der Waals surface area contributed by atoms with Crippen molar-refractivity contribution in [1.29, 1.82) is 0 Å². The number of aliphatic imine (C=N–C) groups is 2. The van der Waals surface area contributed by atoms with Crippen LogP contribution in [0.1, 0.15) is 11.1 Å². The second-order valence-corrected chi connectivity index (χ2v) is 5.07. The van der Waals surface area contributed by atoms with Gasteiger partial charge in [-0.25, -0.2) is 0 Å². The maximum atomic E-state index is 4.76. The summed E-state index contributed by atoms with van der Waals surface area (Å²) in [7, 11) is 0. The predicted octanol–water partition coefficient (Wildman–Crippen LogP) is 4.66. The first-order valence-corrected chi connectivity index (χ1v) is 7.20. The fourth-order valence-electron chi connectivity index (χ4n) is 2.59. The second-order valence-electron chi connectivity index (χ2n) is 5.07. The van der Waals surface area contributed by atoms with Gasteiger partial charge in [0.15, 0.2) is 0 Å². The summed E-state index contributed by atoms with van der Waals surface area (Å²) in [6, 6.07) is 27.4. The Labute approximate surface area is 149 Å². The Morgan fingerprint density at radius 3 is 2.30 bits per heavy atom. The Morgan fingerprint density at radius 1 is 0.739 bits per heavy atom. The fraction of sp³-hybridized carbons (Fsp3) is 0. The Kier molecular flexibility index (Phi) is 4.61. The van der Waals surface area contributed by atoms with Crippen LogP contribution in [0, 0.1) is 6.07 Å². The molecule has 0 spiro atoms. The number of hydrogen-bond acceptors (Lipinski definition) is 2. The van der Waals surface area contributed by atoms with Gasteiger partial charge in [-0.05, 0) is 17.2 Å². The summed E-state index contributed by atoms with van der Waals surface area (Å²) in [5.41, 5.74) is 5.20. The number of rotatable bonds is 1. The fourth-order valence-corrected chi connectivity index (χ4v) is 2.59. The number of hydrogen-bond donors (Lipinski definition) is 0. The molecule has 0 aromatic heterocycles. The molecular weight excluding hydrogens is 460 g/mol. The van der Waals surface area contributed by atoms with Crippen LogP contribution in [-0.4, -0.2) is 12.1 Å². The number of fused-ring (bicyclic) bond motifs is 3. The van der Waals surface area contributed by atoms with E-state index in [0.717, 1.165) is 27.9 Å². The number of amidine groups is 1. The zero-order chi connectivity index (χ0) is 14.8. The monoisotopic (exact) mass is 474 g/mol. The van der Waals surface area contributed by atoms with Gasteiger partial charge in [0.1, 0.15) is 0 Å². The van der Waals surface area contributed by atoms with Gasteiger partial charge in [0.05, 0.1) is 11.5 Å². The van der Waals surface area contributed by atoms with Crippen molar-refractivity contribution in [2.75, 3.05) is 0 Å². The van der Waals surface area contributed by atoms with Crippen molar-refractivity contribution < 1.29 is 20.1 Å². The van der Waals surface area contributed by atoms with E-state index in [4.69, 9.17) is 4.99 Å². The maximum absolute atomic E-state index is 4.76. The Hall–Kier alpha value is -2.35. The molecule has 3 aromatic carbocycles. The molecular formula is C20H13IrN2-. The third-order valence-electron chi connectivity index (χ3n) is 3.66. The quantitative estimate of drug-likeness (QED) is 0.460. The molecule has 1 aliphatic rings. The van der Waals surface area contributed by atoms with Crippen LogP contribution in [0.25, 0.3) is 11.1 Å². The van der Waals surface area contributed by atoms with Gasteiger partial charge >= 0.3 is 0 Å². The van der Waals surface area contributed by atoms with Gasteiger partial charge in [-0.1, -0.05) is 42.5 Å². The Morgan fingerprint density at radius 2 is 1.48 bits per heavy atom. The minimum atomic E-state index is 0. The first-order valence-electron chi connectivity index (χ1n) is 7.20. The molecule has 2 nitrogen and oxygen atoms in total. The molecule has 1 heterocycles. The first kappa shape index (κ1) is 15.5. The molecule has 0 saturated heterocycles. The molecule has 4 rings (SSSR count). The molecule has 1 aliphatic heterocycles. The Balaban J connectivity index is 0.00000156. The van der Waals surface area contributed by atoms with Crippen LogP contribution >= 0.6 is 0 Å². The van der Waals surface area contributed by atoms with Crippen molar-refractivity contribution in [1.82, 2.24) is 0 Å². The van der Waals surface area contributed by atoms with Gasteiger partial charge in [0.25, 0.3) is 0 Å². The third kappa shape index (κ3) is 3.07. The van der Waals surface area contributed by atoms with E-state index in [1.54, 1.807) is 0 Å².